The second kappa shape index (κ2) is 7.94. The summed E-state index contributed by atoms with van der Waals surface area (Å²) in [5.74, 6) is -1.73. The van der Waals surface area contributed by atoms with E-state index in [4.69, 9.17) is 9.15 Å². The lowest BCUT2D eigenvalue weighted by Gasteiger charge is -2.17. The lowest BCUT2D eigenvalue weighted by Crippen LogP contribution is -2.12. The molecule has 3 rings (SSSR count). The number of hydrogen-bond acceptors (Lipinski definition) is 5. The summed E-state index contributed by atoms with van der Waals surface area (Å²) in [6, 6.07) is 10.0. The van der Waals surface area contributed by atoms with Gasteiger partial charge < -0.3 is 14.3 Å². The Hall–Kier alpha value is -3.36. The average molecular weight is 406 g/mol. The molecular formula is C20H17F3N2O4. The van der Waals surface area contributed by atoms with E-state index in [2.05, 4.69) is 10.2 Å². The summed E-state index contributed by atoms with van der Waals surface area (Å²) in [6.07, 6.45) is -5.14. The minimum absolute atomic E-state index is 0.0600. The monoisotopic (exact) mass is 406 g/mol. The van der Waals surface area contributed by atoms with Crippen molar-refractivity contribution in [2.45, 2.75) is 25.4 Å². The Morgan fingerprint density at radius 2 is 1.93 bits per heavy atom. The molecule has 0 aliphatic carbocycles. The first-order chi connectivity index (χ1) is 13.7. The van der Waals surface area contributed by atoms with Gasteiger partial charge in [-0.2, -0.15) is 13.2 Å². The number of aryl methyl sites for hydroxylation is 1. The third-order valence-electron chi connectivity index (χ3n) is 4.32. The SMILES string of the molecule is COc1ccccc1-c1cc(C(CC(=O)O)c2nnc(C)o2)cc(C(F)(F)F)c1. The zero-order valence-corrected chi connectivity index (χ0v) is 15.5. The number of ether oxygens (including phenoxy) is 1. The number of rotatable bonds is 6. The summed E-state index contributed by atoms with van der Waals surface area (Å²) in [6.45, 7) is 1.51. The van der Waals surface area contributed by atoms with Gasteiger partial charge in [0.25, 0.3) is 0 Å². The molecule has 0 saturated carbocycles. The Labute approximate surface area is 164 Å². The predicted octanol–water partition coefficient (Wildman–Crippen LogP) is 4.68. The molecule has 0 spiro atoms. The zero-order chi connectivity index (χ0) is 21.2. The summed E-state index contributed by atoms with van der Waals surface area (Å²) in [5.41, 5.74) is -0.133. The number of carbonyl (C=O) groups is 1. The molecule has 6 nitrogen and oxygen atoms in total. The summed E-state index contributed by atoms with van der Waals surface area (Å²) >= 11 is 0. The highest BCUT2D eigenvalue weighted by Crippen LogP contribution is 2.39. The van der Waals surface area contributed by atoms with Crippen LogP contribution in [-0.2, 0) is 11.0 Å². The first-order valence-electron chi connectivity index (χ1n) is 8.56. The fourth-order valence-corrected chi connectivity index (χ4v) is 3.03. The van der Waals surface area contributed by atoms with E-state index >= 15 is 0 Å². The van der Waals surface area contributed by atoms with Crippen molar-refractivity contribution in [2.24, 2.45) is 0 Å². The molecule has 1 N–H and O–H groups in total. The molecule has 0 saturated heterocycles. The first-order valence-corrected chi connectivity index (χ1v) is 8.56. The average Bonchev–Trinajstić information content (AvgIpc) is 3.11. The van der Waals surface area contributed by atoms with Crippen molar-refractivity contribution in [1.82, 2.24) is 10.2 Å². The number of carboxylic acids is 1. The molecule has 1 unspecified atom stereocenters. The van der Waals surface area contributed by atoms with Crippen LogP contribution in [0.1, 0.15) is 35.2 Å². The quantitative estimate of drug-likeness (QED) is 0.640. The molecule has 29 heavy (non-hydrogen) atoms. The van der Waals surface area contributed by atoms with Crippen LogP contribution in [0, 0.1) is 6.92 Å². The Kier molecular flexibility index (Phi) is 5.58. The van der Waals surface area contributed by atoms with Crippen molar-refractivity contribution >= 4 is 5.97 Å². The van der Waals surface area contributed by atoms with Crippen LogP contribution in [0.2, 0.25) is 0 Å². The van der Waals surface area contributed by atoms with E-state index in [0.29, 0.717) is 11.3 Å². The molecule has 0 aliphatic heterocycles. The van der Waals surface area contributed by atoms with Gasteiger partial charge in [0.1, 0.15) is 5.75 Å². The normalized spacial score (nSPS) is 12.6. The maximum absolute atomic E-state index is 13.6. The highest BCUT2D eigenvalue weighted by molar-refractivity contribution is 5.73. The third-order valence-corrected chi connectivity index (χ3v) is 4.32. The standard InChI is InChI=1S/C20H17F3N2O4/c1-11-24-25-19(29-11)16(10-18(26)27)13-7-12(8-14(9-13)20(21,22)23)15-5-3-4-6-17(15)28-2/h3-9,16H,10H2,1-2H3,(H,26,27). The van der Waals surface area contributed by atoms with Gasteiger partial charge in [-0.3, -0.25) is 4.79 Å². The van der Waals surface area contributed by atoms with E-state index in [0.717, 1.165) is 12.1 Å². The molecule has 152 valence electrons. The van der Waals surface area contributed by atoms with Crippen LogP contribution in [0.4, 0.5) is 13.2 Å². The van der Waals surface area contributed by atoms with Gasteiger partial charge in [-0.15, -0.1) is 10.2 Å². The molecule has 0 bridgehead atoms. The topological polar surface area (TPSA) is 85.5 Å². The van der Waals surface area contributed by atoms with Gasteiger partial charge in [-0.1, -0.05) is 24.3 Å². The number of aromatic nitrogens is 2. The highest BCUT2D eigenvalue weighted by atomic mass is 19.4. The molecule has 0 amide bonds. The number of nitrogens with zero attached hydrogens (tertiary/aromatic N) is 2. The second-order valence-electron chi connectivity index (χ2n) is 6.35. The largest absolute Gasteiger partial charge is 0.496 e. The smallest absolute Gasteiger partial charge is 0.416 e. The van der Waals surface area contributed by atoms with E-state index in [1.165, 1.54) is 20.1 Å². The van der Waals surface area contributed by atoms with Crippen LogP contribution >= 0.6 is 0 Å². The summed E-state index contributed by atoms with van der Waals surface area (Å²) in [7, 11) is 1.42. The number of aliphatic carboxylic acids is 1. The van der Waals surface area contributed by atoms with Gasteiger partial charge >= 0.3 is 12.1 Å². The number of halogens is 3. The van der Waals surface area contributed by atoms with E-state index in [1.807, 2.05) is 0 Å². The zero-order valence-electron chi connectivity index (χ0n) is 15.5. The molecule has 0 radical (unpaired) electrons. The summed E-state index contributed by atoms with van der Waals surface area (Å²) in [4.78, 5) is 11.4. The summed E-state index contributed by atoms with van der Waals surface area (Å²) < 4.78 is 51.3. The van der Waals surface area contributed by atoms with E-state index in [-0.39, 0.29) is 22.9 Å². The Morgan fingerprint density at radius 3 is 2.52 bits per heavy atom. The van der Waals surface area contributed by atoms with Gasteiger partial charge in [0.15, 0.2) is 0 Å². The van der Waals surface area contributed by atoms with E-state index in [9.17, 15) is 23.1 Å². The Morgan fingerprint density at radius 1 is 1.21 bits per heavy atom. The molecule has 0 fully saturated rings. The molecule has 1 atom stereocenters. The molecule has 1 aromatic heterocycles. The maximum atomic E-state index is 13.6. The van der Waals surface area contributed by atoms with Crippen LogP contribution in [0.15, 0.2) is 46.9 Å². The third kappa shape index (κ3) is 4.56. The van der Waals surface area contributed by atoms with Gasteiger partial charge in [0.2, 0.25) is 11.8 Å². The number of benzene rings is 2. The fraction of sp³-hybridized carbons (Fsp3) is 0.250. The molecule has 1 heterocycles. The van der Waals surface area contributed by atoms with Crippen molar-refractivity contribution in [3.05, 3.63) is 65.4 Å². The molecule has 2 aromatic carbocycles. The van der Waals surface area contributed by atoms with Crippen molar-refractivity contribution in [1.29, 1.82) is 0 Å². The first kappa shape index (κ1) is 20.4. The summed E-state index contributed by atoms with van der Waals surface area (Å²) in [5, 5.41) is 16.8. The van der Waals surface area contributed by atoms with Gasteiger partial charge in [0.05, 0.1) is 25.0 Å². The van der Waals surface area contributed by atoms with Crippen molar-refractivity contribution in [2.75, 3.05) is 7.11 Å². The van der Waals surface area contributed by atoms with Crippen LogP contribution in [-0.4, -0.2) is 28.4 Å². The number of methoxy groups -OCH3 is 1. The van der Waals surface area contributed by atoms with Crippen molar-refractivity contribution in [3.8, 4) is 16.9 Å². The fourth-order valence-electron chi connectivity index (χ4n) is 3.03. The van der Waals surface area contributed by atoms with E-state index in [1.54, 1.807) is 24.3 Å². The van der Waals surface area contributed by atoms with Crippen LogP contribution in [0.5, 0.6) is 5.75 Å². The number of hydrogen-bond donors (Lipinski definition) is 1. The predicted molar refractivity (Wildman–Crippen MR) is 96.6 cm³/mol. The van der Waals surface area contributed by atoms with Crippen LogP contribution in [0.25, 0.3) is 11.1 Å². The minimum atomic E-state index is -4.63. The van der Waals surface area contributed by atoms with Crippen LogP contribution in [0.3, 0.4) is 0 Å². The second-order valence-corrected chi connectivity index (χ2v) is 6.35. The number of alkyl halides is 3. The van der Waals surface area contributed by atoms with E-state index < -0.39 is 30.0 Å². The Balaban J connectivity index is 2.22. The number of carboxylic acid groups (broad SMARTS) is 1. The molecule has 0 aliphatic rings. The highest BCUT2D eigenvalue weighted by Gasteiger charge is 2.33. The van der Waals surface area contributed by atoms with Gasteiger partial charge in [-0.05, 0) is 29.3 Å². The van der Waals surface area contributed by atoms with Gasteiger partial charge in [0, 0.05) is 12.5 Å². The number of para-hydroxylation sites is 1. The molecular weight excluding hydrogens is 389 g/mol. The lowest BCUT2D eigenvalue weighted by atomic mass is 9.90. The maximum Gasteiger partial charge on any atom is 0.416 e. The minimum Gasteiger partial charge on any atom is -0.496 e. The van der Waals surface area contributed by atoms with Crippen molar-refractivity contribution in [3.63, 3.8) is 0 Å². The van der Waals surface area contributed by atoms with Crippen molar-refractivity contribution < 1.29 is 32.2 Å². The van der Waals surface area contributed by atoms with Gasteiger partial charge in [-0.25, -0.2) is 0 Å². The Bertz CT molecular complexity index is 1030. The van der Waals surface area contributed by atoms with Crippen LogP contribution < -0.4 is 4.74 Å². The lowest BCUT2D eigenvalue weighted by molar-refractivity contribution is -0.138. The molecule has 3 aromatic rings. The molecule has 9 heteroatoms.